The summed E-state index contributed by atoms with van der Waals surface area (Å²) in [5.74, 6) is -1.40. The van der Waals surface area contributed by atoms with Gasteiger partial charge in [0.1, 0.15) is 5.78 Å². The molecule has 4 nitrogen and oxygen atoms in total. The standard InChI is InChI=1S/C6H11NO3.Na/c1-4(8)5(7-2)3-6(9)10;/h5,7H,3H2,1-2H3,(H,9,10);/q;+1/p-1. The molecule has 0 aromatic heterocycles. The van der Waals surface area contributed by atoms with Gasteiger partial charge in [-0.1, -0.05) is 0 Å². The fraction of sp³-hybridized carbons (Fsp3) is 0.667. The van der Waals surface area contributed by atoms with Crippen molar-refractivity contribution in [1.82, 2.24) is 5.32 Å². The SMILES string of the molecule is CNC(CC(=O)[O-])C(C)=O.[Na+]. The maximum absolute atomic E-state index is 10.6. The molecule has 11 heavy (non-hydrogen) atoms. The Labute approximate surface area is 87.6 Å². The quantitative estimate of drug-likeness (QED) is 0.427. The van der Waals surface area contributed by atoms with Crippen LogP contribution in [0.25, 0.3) is 0 Å². The van der Waals surface area contributed by atoms with E-state index in [1.807, 2.05) is 0 Å². The molecule has 0 saturated carbocycles. The largest absolute Gasteiger partial charge is 1.00 e. The summed E-state index contributed by atoms with van der Waals surface area (Å²) in [7, 11) is 1.54. The van der Waals surface area contributed by atoms with Gasteiger partial charge in [0.05, 0.1) is 6.04 Å². The van der Waals surface area contributed by atoms with Gasteiger partial charge in [-0.05, 0) is 14.0 Å². The molecule has 0 aliphatic rings. The zero-order valence-electron chi connectivity index (χ0n) is 7.01. The van der Waals surface area contributed by atoms with Crippen LogP contribution in [0.3, 0.4) is 0 Å². The number of carbonyl (C=O) groups excluding carboxylic acids is 2. The van der Waals surface area contributed by atoms with Crippen LogP contribution in [-0.2, 0) is 9.59 Å². The van der Waals surface area contributed by atoms with Crippen molar-refractivity contribution >= 4 is 11.8 Å². The summed E-state index contributed by atoms with van der Waals surface area (Å²) < 4.78 is 0. The number of carbonyl (C=O) groups is 2. The molecule has 0 bridgehead atoms. The first-order chi connectivity index (χ1) is 4.57. The first-order valence-electron chi connectivity index (χ1n) is 2.95. The van der Waals surface area contributed by atoms with Crippen molar-refractivity contribution in [2.45, 2.75) is 19.4 Å². The van der Waals surface area contributed by atoms with Crippen LogP contribution in [0.15, 0.2) is 0 Å². The van der Waals surface area contributed by atoms with E-state index in [1.54, 1.807) is 0 Å². The van der Waals surface area contributed by atoms with E-state index in [2.05, 4.69) is 5.32 Å². The van der Waals surface area contributed by atoms with Crippen molar-refractivity contribution in [3.05, 3.63) is 0 Å². The monoisotopic (exact) mass is 167 g/mol. The normalized spacial score (nSPS) is 11.5. The van der Waals surface area contributed by atoms with Gasteiger partial charge in [0.15, 0.2) is 0 Å². The molecular weight excluding hydrogens is 157 g/mol. The number of Topliss-reactive ketones (excluding diaryl/α,β-unsaturated/α-hetero) is 1. The van der Waals surface area contributed by atoms with E-state index in [4.69, 9.17) is 0 Å². The summed E-state index contributed by atoms with van der Waals surface area (Å²) >= 11 is 0. The first kappa shape index (κ1) is 13.7. The third-order valence-electron chi connectivity index (χ3n) is 1.21. The minimum Gasteiger partial charge on any atom is -0.550 e. The van der Waals surface area contributed by atoms with E-state index in [0.29, 0.717) is 0 Å². The molecule has 0 aromatic carbocycles. The van der Waals surface area contributed by atoms with Gasteiger partial charge in [0.2, 0.25) is 0 Å². The van der Waals surface area contributed by atoms with Crippen molar-refractivity contribution in [2.75, 3.05) is 7.05 Å². The van der Waals surface area contributed by atoms with Crippen molar-refractivity contribution in [3.63, 3.8) is 0 Å². The molecule has 0 aliphatic heterocycles. The topological polar surface area (TPSA) is 69.2 Å². The van der Waals surface area contributed by atoms with Crippen LogP contribution in [0.5, 0.6) is 0 Å². The van der Waals surface area contributed by atoms with Crippen molar-refractivity contribution in [1.29, 1.82) is 0 Å². The number of likely N-dealkylation sites (N-methyl/N-ethyl adjacent to an activating group) is 1. The second-order valence-electron chi connectivity index (χ2n) is 2.03. The molecule has 0 aromatic rings. The van der Waals surface area contributed by atoms with Gasteiger partial charge in [-0.2, -0.15) is 0 Å². The molecule has 0 radical (unpaired) electrons. The van der Waals surface area contributed by atoms with Crippen LogP contribution < -0.4 is 40.0 Å². The first-order valence-corrected chi connectivity index (χ1v) is 2.95. The Morgan fingerprint density at radius 3 is 2.09 bits per heavy atom. The molecule has 0 saturated heterocycles. The Bertz CT molecular complexity index is 149. The Balaban J connectivity index is 0. The van der Waals surface area contributed by atoms with Crippen LogP contribution in [0, 0.1) is 0 Å². The van der Waals surface area contributed by atoms with Gasteiger partial charge in [0, 0.05) is 12.4 Å². The fourth-order valence-electron chi connectivity index (χ4n) is 0.616. The third kappa shape index (κ3) is 6.50. The minimum absolute atomic E-state index is 0. The molecular formula is C6H10NNaO3. The molecule has 0 heterocycles. The second kappa shape index (κ2) is 6.79. The minimum atomic E-state index is -1.21. The van der Waals surface area contributed by atoms with Crippen LogP contribution in [0.4, 0.5) is 0 Å². The van der Waals surface area contributed by atoms with Crippen molar-refractivity contribution in [3.8, 4) is 0 Å². The Morgan fingerprint density at radius 2 is 2.00 bits per heavy atom. The van der Waals surface area contributed by atoms with E-state index < -0.39 is 12.0 Å². The third-order valence-corrected chi connectivity index (χ3v) is 1.21. The molecule has 1 unspecified atom stereocenters. The average molecular weight is 167 g/mol. The fourth-order valence-corrected chi connectivity index (χ4v) is 0.616. The number of rotatable bonds is 4. The van der Waals surface area contributed by atoms with Gasteiger partial charge in [-0.3, -0.25) is 4.79 Å². The van der Waals surface area contributed by atoms with Gasteiger partial charge in [-0.15, -0.1) is 0 Å². The van der Waals surface area contributed by atoms with Crippen LogP contribution >= 0.6 is 0 Å². The molecule has 0 spiro atoms. The zero-order valence-corrected chi connectivity index (χ0v) is 9.01. The van der Waals surface area contributed by atoms with E-state index in [0.717, 1.165) is 0 Å². The van der Waals surface area contributed by atoms with E-state index >= 15 is 0 Å². The number of carboxylic acid groups (broad SMARTS) is 1. The summed E-state index contributed by atoms with van der Waals surface area (Å²) in [5.41, 5.74) is 0. The smallest absolute Gasteiger partial charge is 0.550 e. The molecule has 1 N–H and O–H groups in total. The summed E-state index contributed by atoms with van der Waals surface area (Å²) in [4.78, 5) is 20.5. The Hall–Kier alpha value is 0.1000. The molecule has 1 atom stereocenters. The van der Waals surface area contributed by atoms with Crippen LogP contribution in [0.2, 0.25) is 0 Å². The molecule has 0 amide bonds. The number of hydrogen-bond donors (Lipinski definition) is 1. The molecule has 5 heteroatoms. The van der Waals surface area contributed by atoms with Crippen LogP contribution in [-0.4, -0.2) is 24.8 Å². The molecule has 0 rings (SSSR count). The van der Waals surface area contributed by atoms with E-state index in [9.17, 15) is 14.7 Å². The number of carboxylic acids is 1. The van der Waals surface area contributed by atoms with Crippen molar-refractivity contribution < 1.29 is 44.3 Å². The molecule has 0 fully saturated rings. The van der Waals surface area contributed by atoms with Gasteiger partial charge in [-0.25, -0.2) is 0 Å². The molecule has 58 valence electrons. The Morgan fingerprint density at radius 1 is 1.55 bits per heavy atom. The van der Waals surface area contributed by atoms with Gasteiger partial charge < -0.3 is 15.2 Å². The zero-order chi connectivity index (χ0) is 8.15. The summed E-state index contributed by atoms with van der Waals surface area (Å²) in [5, 5.41) is 12.5. The maximum Gasteiger partial charge on any atom is 1.00 e. The predicted octanol–water partition coefficient (Wildman–Crippen LogP) is -4.69. The van der Waals surface area contributed by atoms with Gasteiger partial charge in [0.25, 0.3) is 0 Å². The maximum atomic E-state index is 10.6. The van der Waals surface area contributed by atoms with Crippen molar-refractivity contribution in [2.24, 2.45) is 0 Å². The number of hydrogen-bond acceptors (Lipinski definition) is 4. The molecule has 0 aliphatic carbocycles. The summed E-state index contributed by atoms with van der Waals surface area (Å²) in [6.07, 6.45) is -0.258. The number of ketones is 1. The number of nitrogens with one attached hydrogen (secondary N) is 1. The van der Waals surface area contributed by atoms with Gasteiger partial charge >= 0.3 is 29.6 Å². The average Bonchev–Trinajstić information content (AvgIpc) is 1.81. The predicted molar refractivity (Wildman–Crippen MR) is 33.2 cm³/mol. The van der Waals surface area contributed by atoms with E-state index in [1.165, 1.54) is 14.0 Å². The number of aliphatic carboxylic acids is 1. The summed E-state index contributed by atoms with van der Waals surface area (Å²) in [6, 6.07) is -0.606. The Kier molecular flexibility index (Phi) is 8.44. The second-order valence-corrected chi connectivity index (χ2v) is 2.03. The summed E-state index contributed by atoms with van der Waals surface area (Å²) in [6.45, 7) is 1.34. The van der Waals surface area contributed by atoms with E-state index in [-0.39, 0.29) is 41.8 Å². The van der Waals surface area contributed by atoms with Crippen LogP contribution in [0.1, 0.15) is 13.3 Å².